The van der Waals surface area contributed by atoms with Crippen LogP contribution in [-0.2, 0) is 6.54 Å². The second-order valence-corrected chi connectivity index (χ2v) is 4.22. The van der Waals surface area contributed by atoms with Crippen LogP contribution in [0.5, 0.6) is 0 Å². The van der Waals surface area contributed by atoms with Gasteiger partial charge in [-0.05, 0) is 18.2 Å². The highest BCUT2D eigenvalue weighted by atomic mass is 16.2. The maximum absolute atomic E-state index is 12.3. The lowest BCUT2D eigenvalue weighted by Crippen LogP contribution is -2.26. The Morgan fingerprint density at radius 3 is 2.95 bits per heavy atom. The lowest BCUT2D eigenvalue weighted by molar-refractivity contribution is 0.0782. The quantitative estimate of drug-likeness (QED) is 0.730. The highest BCUT2D eigenvalue weighted by molar-refractivity contribution is 5.97. The Kier molecular flexibility index (Phi) is 2.71. The molecule has 0 unspecified atom stereocenters. The molecule has 2 N–H and O–H groups in total. The number of hydrogen-bond donors (Lipinski definition) is 2. The van der Waals surface area contributed by atoms with Gasteiger partial charge in [-0.2, -0.15) is 15.4 Å². The summed E-state index contributed by atoms with van der Waals surface area (Å²) in [7, 11) is 1.73. The first kappa shape index (κ1) is 11.4. The highest BCUT2D eigenvalue weighted by Crippen LogP contribution is 2.12. The van der Waals surface area contributed by atoms with E-state index in [0.29, 0.717) is 17.6 Å². The van der Waals surface area contributed by atoms with Crippen molar-refractivity contribution in [2.45, 2.75) is 6.54 Å². The average Bonchev–Trinajstić information content (AvgIpc) is 3.07. The number of H-pyrrole nitrogens is 2. The summed E-state index contributed by atoms with van der Waals surface area (Å²) in [4.78, 5) is 20.9. The van der Waals surface area contributed by atoms with Gasteiger partial charge in [-0.1, -0.05) is 0 Å². The van der Waals surface area contributed by atoms with Crippen molar-refractivity contribution >= 4 is 16.9 Å². The van der Waals surface area contributed by atoms with Crippen molar-refractivity contribution in [3.05, 3.63) is 42.0 Å². The minimum Gasteiger partial charge on any atom is -0.347 e. The monoisotopic (exact) mass is 256 g/mol. The van der Waals surface area contributed by atoms with Crippen LogP contribution in [0.4, 0.5) is 0 Å². The van der Waals surface area contributed by atoms with E-state index >= 15 is 0 Å². The molecule has 0 fully saturated rings. The normalized spacial score (nSPS) is 10.8. The molecule has 1 aromatic carbocycles. The van der Waals surface area contributed by atoms with E-state index < -0.39 is 0 Å². The molecule has 0 aliphatic carbocycles. The molecule has 0 aliphatic rings. The van der Waals surface area contributed by atoms with Crippen LogP contribution >= 0.6 is 0 Å². The van der Waals surface area contributed by atoms with Crippen molar-refractivity contribution in [2.75, 3.05) is 7.05 Å². The molecule has 0 spiro atoms. The van der Waals surface area contributed by atoms with Gasteiger partial charge in [-0.25, -0.2) is 4.98 Å². The SMILES string of the molecule is CN(Cc1ncc[nH]1)C(=O)c1ccc2n[nH]nc2c1. The summed E-state index contributed by atoms with van der Waals surface area (Å²) in [5, 5.41) is 10.4. The molecule has 1 amide bonds. The number of fused-ring (bicyclic) bond motifs is 1. The fraction of sp³-hybridized carbons (Fsp3) is 0.167. The average molecular weight is 256 g/mol. The second kappa shape index (κ2) is 4.52. The fourth-order valence-electron chi connectivity index (χ4n) is 1.87. The van der Waals surface area contributed by atoms with E-state index in [1.165, 1.54) is 0 Å². The van der Waals surface area contributed by atoms with Crippen LogP contribution < -0.4 is 0 Å². The molecule has 0 atom stereocenters. The summed E-state index contributed by atoms with van der Waals surface area (Å²) in [6.07, 6.45) is 3.39. The number of rotatable bonds is 3. The maximum atomic E-state index is 12.3. The van der Waals surface area contributed by atoms with Crippen LogP contribution in [0.25, 0.3) is 11.0 Å². The minimum atomic E-state index is -0.0821. The second-order valence-electron chi connectivity index (χ2n) is 4.22. The number of nitrogens with one attached hydrogen (secondary N) is 2. The van der Waals surface area contributed by atoms with E-state index in [9.17, 15) is 4.79 Å². The standard InChI is InChI=1S/C12H12N6O/c1-18(7-11-13-4-5-14-11)12(19)8-2-3-9-10(6-8)16-17-15-9/h2-6H,7H2,1H3,(H,13,14)(H,15,16,17). The zero-order chi connectivity index (χ0) is 13.2. The number of amides is 1. The van der Waals surface area contributed by atoms with Gasteiger partial charge >= 0.3 is 0 Å². The number of benzene rings is 1. The summed E-state index contributed by atoms with van der Waals surface area (Å²) in [5.41, 5.74) is 2.00. The number of nitrogens with zero attached hydrogens (tertiary/aromatic N) is 4. The molecule has 7 nitrogen and oxygen atoms in total. The van der Waals surface area contributed by atoms with Crippen molar-refractivity contribution < 1.29 is 4.79 Å². The predicted octanol–water partition coefficient (Wildman–Crippen LogP) is 0.953. The first-order valence-corrected chi connectivity index (χ1v) is 5.78. The van der Waals surface area contributed by atoms with Crippen molar-refractivity contribution in [3.8, 4) is 0 Å². The molecular formula is C12H12N6O. The predicted molar refractivity (Wildman–Crippen MR) is 68.3 cm³/mol. The van der Waals surface area contributed by atoms with Gasteiger partial charge in [0, 0.05) is 25.0 Å². The lowest BCUT2D eigenvalue weighted by atomic mass is 10.2. The molecule has 0 bridgehead atoms. The Labute approximate surface area is 108 Å². The highest BCUT2D eigenvalue weighted by Gasteiger charge is 2.14. The van der Waals surface area contributed by atoms with Crippen LogP contribution in [0, 0.1) is 0 Å². The Morgan fingerprint density at radius 1 is 1.32 bits per heavy atom. The minimum absolute atomic E-state index is 0.0821. The molecule has 2 aromatic heterocycles. The first-order valence-electron chi connectivity index (χ1n) is 5.78. The third-order valence-electron chi connectivity index (χ3n) is 2.85. The Morgan fingerprint density at radius 2 is 2.16 bits per heavy atom. The topological polar surface area (TPSA) is 90.6 Å². The van der Waals surface area contributed by atoms with E-state index in [2.05, 4.69) is 25.4 Å². The number of hydrogen-bond acceptors (Lipinski definition) is 4. The Bertz CT molecular complexity index is 702. The maximum Gasteiger partial charge on any atom is 0.254 e. The van der Waals surface area contributed by atoms with Gasteiger partial charge in [-0.3, -0.25) is 4.79 Å². The van der Waals surface area contributed by atoms with Crippen molar-refractivity contribution in [1.29, 1.82) is 0 Å². The molecular weight excluding hydrogens is 244 g/mol. The molecule has 0 aliphatic heterocycles. The molecule has 3 rings (SSSR count). The van der Waals surface area contributed by atoms with Crippen molar-refractivity contribution in [2.24, 2.45) is 0 Å². The zero-order valence-electron chi connectivity index (χ0n) is 10.3. The largest absolute Gasteiger partial charge is 0.347 e. The Hall–Kier alpha value is -2.70. The van der Waals surface area contributed by atoms with Gasteiger partial charge < -0.3 is 9.88 Å². The third kappa shape index (κ3) is 2.17. The van der Waals surface area contributed by atoms with E-state index in [4.69, 9.17) is 0 Å². The number of aromatic nitrogens is 5. The van der Waals surface area contributed by atoms with E-state index in [0.717, 1.165) is 11.3 Å². The van der Waals surface area contributed by atoms with Gasteiger partial charge in [0.05, 0.1) is 6.54 Å². The number of aromatic amines is 2. The molecule has 0 saturated heterocycles. The van der Waals surface area contributed by atoms with Crippen LogP contribution in [0.2, 0.25) is 0 Å². The summed E-state index contributed by atoms with van der Waals surface area (Å²) in [6, 6.07) is 5.23. The summed E-state index contributed by atoms with van der Waals surface area (Å²) < 4.78 is 0. The summed E-state index contributed by atoms with van der Waals surface area (Å²) in [6.45, 7) is 0.433. The zero-order valence-corrected chi connectivity index (χ0v) is 10.3. The van der Waals surface area contributed by atoms with Gasteiger partial charge in [0.2, 0.25) is 0 Å². The molecule has 19 heavy (non-hydrogen) atoms. The van der Waals surface area contributed by atoms with Gasteiger partial charge in [0.15, 0.2) is 0 Å². The fourth-order valence-corrected chi connectivity index (χ4v) is 1.87. The van der Waals surface area contributed by atoms with Crippen molar-refractivity contribution in [1.82, 2.24) is 30.3 Å². The first-order chi connectivity index (χ1) is 9.24. The van der Waals surface area contributed by atoms with Crippen LogP contribution in [0.1, 0.15) is 16.2 Å². The van der Waals surface area contributed by atoms with Gasteiger partial charge in [0.1, 0.15) is 16.9 Å². The summed E-state index contributed by atoms with van der Waals surface area (Å²) >= 11 is 0. The smallest absolute Gasteiger partial charge is 0.254 e. The van der Waals surface area contributed by atoms with Gasteiger partial charge in [0.25, 0.3) is 5.91 Å². The molecule has 3 aromatic rings. The Balaban J connectivity index is 1.82. The molecule has 7 heteroatoms. The molecule has 0 radical (unpaired) electrons. The summed E-state index contributed by atoms with van der Waals surface area (Å²) in [5.74, 6) is 0.666. The third-order valence-corrected chi connectivity index (χ3v) is 2.85. The van der Waals surface area contributed by atoms with Crippen LogP contribution in [0.15, 0.2) is 30.6 Å². The molecule has 2 heterocycles. The van der Waals surface area contributed by atoms with Crippen molar-refractivity contribution in [3.63, 3.8) is 0 Å². The van der Waals surface area contributed by atoms with E-state index in [-0.39, 0.29) is 5.91 Å². The van der Waals surface area contributed by atoms with Crippen LogP contribution in [-0.4, -0.2) is 43.2 Å². The van der Waals surface area contributed by atoms with Gasteiger partial charge in [-0.15, -0.1) is 0 Å². The molecule has 96 valence electrons. The molecule has 0 saturated carbocycles. The van der Waals surface area contributed by atoms with E-state index in [1.54, 1.807) is 42.5 Å². The number of carbonyl (C=O) groups is 1. The number of carbonyl (C=O) groups excluding carboxylic acids is 1. The lowest BCUT2D eigenvalue weighted by Gasteiger charge is -2.15. The number of imidazole rings is 1. The van der Waals surface area contributed by atoms with Crippen LogP contribution in [0.3, 0.4) is 0 Å². The van der Waals surface area contributed by atoms with E-state index in [1.807, 2.05) is 0 Å².